The number of aliphatic hydroxyl groups is 1. The first-order valence-electron chi connectivity index (χ1n) is 6.28. The first-order valence-corrected chi connectivity index (χ1v) is 6.28. The molecule has 0 saturated carbocycles. The van der Waals surface area contributed by atoms with Crippen LogP contribution in [-0.2, 0) is 4.79 Å². The van der Waals surface area contributed by atoms with Gasteiger partial charge in [0.05, 0.1) is 6.10 Å². The lowest BCUT2D eigenvalue weighted by Gasteiger charge is -2.12. The molecule has 0 aromatic heterocycles. The molecule has 0 aliphatic carbocycles. The van der Waals surface area contributed by atoms with E-state index in [1.807, 2.05) is 19.9 Å². The van der Waals surface area contributed by atoms with Gasteiger partial charge in [-0.15, -0.1) is 0 Å². The molecule has 1 aliphatic heterocycles. The van der Waals surface area contributed by atoms with E-state index < -0.39 is 0 Å². The van der Waals surface area contributed by atoms with Crippen LogP contribution in [-0.4, -0.2) is 35.1 Å². The third kappa shape index (κ3) is 3.20. The average molecular weight is 245 g/mol. The van der Waals surface area contributed by atoms with E-state index in [-0.39, 0.29) is 12.0 Å². The molecular weight excluding hydrogens is 226 g/mol. The SMILES string of the molecule is Cc1cc(C)cc(/C=C/C(=O)N2CC[C@@H](O)C2)c1. The Kier molecular flexibility index (Phi) is 3.82. The van der Waals surface area contributed by atoms with E-state index >= 15 is 0 Å². The van der Waals surface area contributed by atoms with E-state index in [4.69, 9.17) is 0 Å². The fourth-order valence-corrected chi connectivity index (χ4v) is 2.32. The Balaban J connectivity index is 2.04. The zero-order valence-electron chi connectivity index (χ0n) is 10.9. The van der Waals surface area contributed by atoms with Crippen LogP contribution >= 0.6 is 0 Å². The molecule has 1 atom stereocenters. The summed E-state index contributed by atoms with van der Waals surface area (Å²) in [5.74, 6) is -0.0225. The third-order valence-corrected chi connectivity index (χ3v) is 3.14. The molecule has 1 aromatic rings. The van der Waals surface area contributed by atoms with Crippen molar-refractivity contribution in [2.24, 2.45) is 0 Å². The molecule has 18 heavy (non-hydrogen) atoms. The van der Waals surface area contributed by atoms with Gasteiger partial charge in [0.2, 0.25) is 5.91 Å². The van der Waals surface area contributed by atoms with Gasteiger partial charge >= 0.3 is 0 Å². The molecule has 1 aliphatic rings. The molecule has 0 radical (unpaired) electrons. The number of likely N-dealkylation sites (tertiary alicyclic amines) is 1. The minimum atomic E-state index is -0.358. The highest BCUT2D eigenvalue weighted by molar-refractivity contribution is 5.92. The molecule has 1 heterocycles. The van der Waals surface area contributed by atoms with Crippen molar-refractivity contribution < 1.29 is 9.90 Å². The highest BCUT2D eigenvalue weighted by Gasteiger charge is 2.22. The Morgan fingerprint density at radius 2 is 2.00 bits per heavy atom. The summed E-state index contributed by atoms with van der Waals surface area (Å²) in [4.78, 5) is 13.5. The van der Waals surface area contributed by atoms with E-state index in [9.17, 15) is 9.90 Å². The maximum atomic E-state index is 11.9. The number of aryl methyl sites for hydroxylation is 2. The highest BCUT2D eigenvalue weighted by atomic mass is 16.3. The number of aliphatic hydroxyl groups excluding tert-OH is 1. The fraction of sp³-hybridized carbons (Fsp3) is 0.400. The van der Waals surface area contributed by atoms with Crippen LogP contribution < -0.4 is 0 Å². The number of hydrogen-bond acceptors (Lipinski definition) is 2. The Morgan fingerprint density at radius 1 is 1.33 bits per heavy atom. The molecule has 2 rings (SSSR count). The normalized spacial score (nSPS) is 19.7. The summed E-state index contributed by atoms with van der Waals surface area (Å²) in [5.41, 5.74) is 3.43. The van der Waals surface area contributed by atoms with Gasteiger partial charge in [-0.2, -0.15) is 0 Å². The predicted molar refractivity (Wildman–Crippen MR) is 72.2 cm³/mol. The van der Waals surface area contributed by atoms with Gasteiger partial charge in [0, 0.05) is 19.2 Å². The van der Waals surface area contributed by atoms with Gasteiger partial charge in [-0.25, -0.2) is 0 Å². The van der Waals surface area contributed by atoms with Crippen LogP contribution in [0.4, 0.5) is 0 Å². The summed E-state index contributed by atoms with van der Waals surface area (Å²) in [5, 5.41) is 9.39. The zero-order chi connectivity index (χ0) is 13.1. The van der Waals surface area contributed by atoms with E-state index in [0.717, 1.165) is 5.56 Å². The summed E-state index contributed by atoms with van der Waals surface area (Å²) in [6.45, 7) is 5.19. The number of rotatable bonds is 2. The van der Waals surface area contributed by atoms with Gasteiger partial charge in [0.15, 0.2) is 0 Å². The standard InChI is InChI=1S/C15H19NO2/c1-11-7-12(2)9-13(8-11)3-4-15(18)16-6-5-14(17)10-16/h3-4,7-9,14,17H,5-6,10H2,1-2H3/b4-3+/t14-/m1/s1. The third-order valence-electron chi connectivity index (χ3n) is 3.14. The molecule has 3 nitrogen and oxygen atoms in total. The summed E-state index contributed by atoms with van der Waals surface area (Å²) >= 11 is 0. The highest BCUT2D eigenvalue weighted by Crippen LogP contribution is 2.12. The smallest absolute Gasteiger partial charge is 0.246 e. The van der Waals surface area contributed by atoms with E-state index in [1.54, 1.807) is 11.0 Å². The van der Waals surface area contributed by atoms with Crippen LogP contribution in [0.3, 0.4) is 0 Å². The summed E-state index contributed by atoms with van der Waals surface area (Å²) < 4.78 is 0. The van der Waals surface area contributed by atoms with E-state index in [2.05, 4.69) is 18.2 Å². The van der Waals surface area contributed by atoms with Crippen molar-refractivity contribution in [1.82, 2.24) is 4.90 Å². The van der Waals surface area contributed by atoms with Crippen molar-refractivity contribution >= 4 is 12.0 Å². The molecule has 1 aromatic carbocycles. The van der Waals surface area contributed by atoms with Gasteiger partial charge in [0.25, 0.3) is 0 Å². The number of carbonyl (C=O) groups is 1. The molecule has 0 unspecified atom stereocenters. The topological polar surface area (TPSA) is 40.5 Å². The first-order chi connectivity index (χ1) is 8.54. The van der Waals surface area contributed by atoms with E-state index in [1.165, 1.54) is 11.1 Å². The number of amides is 1. The largest absolute Gasteiger partial charge is 0.391 e. The number of hydrogen-bond donors (Lipinski definition) is 1. The maximum Gasteiger partial charge on any atom is 0.246 e. The van der Waals surface area contributed by atoms with Crippen molar-refractivity contribution in [3.05, 3.63) is 41.0 Å². The van der Waals surface area contributed by atoms with E-state index in [0.29, 0.717) is 19.5 Å². The summed E-state index contributed by atoms with van der Waals surface area (Å²) in [7, 11) is 0. The quantitative estimate of drug-likeness (QED) is 0.809. The molecule has 96 valence electrons. The van der Waals surface area contributed by atoms with Crippen LogP contribution in [0.1, 0.15) is 23.1 Å². The lowest BCUT2D eigenvalue weighted by molar-refractivity contribution is -0.125. The van der Waals surface area contributed by atoms with Crippen molar-refractivity contribution in [1.29, 1.82) is 0 Å². The second-order valence-electron chi connectivity index (χ2n) is 4.98. The van der Waals surface area contributed by atoms with Gasteiger partial charge in [-0.05, 0) is 31.9 Å². The molecule has 1 fully saturated rings. The second-order valence-corrected chi connectivity index (χ2v) is 4.98. The maximum absolute atomic E-state index is 11.9. The molecule has 1 saturated heterocycles. The fourth-order valence-electron chi connectivity index (χ4n) is 2.32. The van der Waals surface area contributed by atoms with Crippen molar-refractivity contribution in [2.45, 2.75) is 26.4 Å². The Labute approximate surface area is 108 Å². The van der Waals surface area contributed by atoms with Crippen LogP contribution in [0.2, 0.25) is 0 Å². The van der Waals surface area contributed by atoms with Crippen molar-refractivity contribution in [3.8, 4) is 0 Å². The lowest BCUT2D eigenvalue weighted by Crippen LogP contribution is -2.27. The Hall–Kier alpha value is -1.61. The number of carbonyl (C=O) groups excluding carboxylic acids is 1. The van der Waals surface area contributed by atoms with Gasteiger partial charge in [-0.1, -0.05) is 29.3 Å². The summed E-state index contributed by atoms with van der Waals surface area (Å²) in [6.07, 6.45) is 3.76. The van der Waals surface area contributed by atoms with Gasteiger partial charge in [-0.3, -0.25) is 4.79 Å². The Morgan fingerprint density at radius 3 is 2.56 bits per heavy atom. The predicted octanol–water partition coefficient (Wildman–Crippen LogP) is 1.91. The molecule has 3 heteroatoms. The Bertz CT molecular complexity index is 459. The first kappa shape index (κ1) is 12.8. The number of benzene rings is 1. The van der Waals surface area contributed by atoms with Crippen LogP contribution in [0.5, 0.6) is 0 Å². The van der Waals surface area contributed by atoms with Crippen molar-refractivity contribution in [3.63, 3.8) is 0 Å². The second kappa shape index (κ2) is 5.36. The minimum Gasteiger partial charge on any atom is -0.391 e. The van der Waals surface area contributed by atoms with Crippen molar-refractivity contribution in [2.75, 3.05) is 13.1 Å². The molecule has 0 bridgehead atoms. The monoisotopic (exact) mass is 245 g/mol. The molecular formula is C15H19NO2. The molecule has 1 amide bonds. The van der Waals surface area contributed by atoms with Crippen LogP contribution in [0.15, 0.2) is 24.3 Å². The molecule has 0 spiro atoms. The summed E-state index contributed by atoms with van der Waals surface area (Å²) in [6, 6.07) is 6.21. The lowest BCUT2D eigenvalue weighted by atomic mass is 10.1. The van der Waals surface area contributed by atoms with Gasteiger partial charge in [0.1, 0.15) is 0 Å². The average Bonchev–Trinajstić information content (AvgIpc) is 2.71. The number of nitrogens with zero attached hydrogens (tertiary/aromatic N) is 1. The minimum absolute atomic E-state index is 0.0225. The van der Waals surface area contributed by atoms with Gasteiger partial charge < -0.3 is 10.0 Å². The molecule has 1 N–H and O–H groups in total. The van der Waals surface area contributed by atoms with Crippen LogP contribution in [0, 0.1) is 13.8 Å². The zero-order valence-corrected chi connectivity index (χ0v) is 10.9. The number of β-amino-alcohol motifs (C(OH)–C–C–N with tert-alkyl or cyclic N) is 1. The van der Waals surface area contributed by atoms with Crippen LogP contribution in [0.25, 0.3) is 6.08 Å².